The monoisotopic (exact) mass is 448 g/mol. The number of hydrogen-bond acceptors (Lipinski definition) is 6. The average Bonchev–Trinajstić information content (AvgIpc) is 2.64. The minimum Gasteiger partial charge on any atom is -0.458 e. The van der Waals surface area contributed by atoms with Crippen LogP contribution in [-0.4, -0.2) is 56.8 Å². The van der Waals surface area contributed by atoms with E-state index in [-0.39, 0.29) is 36.6 Å². The topological polar surface area (TPSA) is 96.6 Å². The van der Waals surface area contributed by atoms with Crippen molar-refractivity contribution in [2.75, 3.05) is 23.5 Å². The molecule has 0 aromatic carbocycles. The van der Waals surface area contributed by atoms with Crippen molar-refractivity contribution in [1.82, 2.24) is 9.13 Å². The number of halogens is 4. The van der Waals surface area contributed by atoms with E-state index in [1.165, 1.54) is 6.20 Å². The Hall–Kier alpha value is -1.22. The summed E-state index contributed by atoms with van der Waals surface area (Å²) in [6, 6.07) is 1.14. The molecule has 146 valence electrons. The molecule has 0 aliphatic heterocycles. The number of ether oxygens (including phenoxy) is 2. The highest BCUT2D eigenvalue weighted by atomic mass is 35.5. The van der Waals surface area contributed by atoms with Gasteiger partial charge in [0.1, 0.15) is 24.0 Å². The number of carbonyl (C=O) groups excluding carboxylic acids is 2. The van der Waals surface area contributed by atoms with Crippen molar-refractivity contribution in [3.8, 4) is 0 Å². The van der Waals surface area contributed by atoms with Gasteiger partial charge >= 0.3 is 17.6 Å². The van der Waals surface area contributed by atoms with Crippen LogP contribution in [0.1, 0.15) is 0 Å². The highest BCUT2D eigenvalue weighted by molar-refractivity contribution is 6.26. The van der Waals surface area contributed by atoms with Crippen LogP contribution in [0.15, 0.2) is 21.9 Å². The van der Waals surface area contributed by atoms with E-state index >= 15 is 0 Å². The number of aromatic nitrogens is 2. The lowest BCUT2D eigenvalue weighted by molar-refractivity contribution is -0.146. The van der Waals surface area contributed by atoms with E-state index in [1.54, 1.807) is 0 Å². The molecule has 12 heteroatoms. The minimum absolute atomic E-state index is 0.0775. The molecule has 0 fully saturated rings. The second-order valence-corrected chi connectivity index (χ2v) is 6.15. The van der Waals surface area contributed by atoms with Crippen LogP contribution in [0.5, 0.6) is 0 Å². The molecule has 0 aliphatic carbocycles. The Morgan fingerprint density at radius 3 is 1.88 bits per heavy atom. The maximum atomic E-state index is 12.5. The molecule has 8 nitrogen and oxygen atoms in total. The zero-order valence-corrected chi connectivity index (χ0v) is 16.4. The van der Waals surface area contributed by atoms with Crippen LogP contribution in [0, 0.1) is 0 Å². The third-order valence-corrected chi connectivity index (χ3v) is 4.21. The summed E-state index contributed by atoms with van der Waals surface area (Å²) in [5.41, 5.74) is -1.31. The van der Waals surface area contributed by atoms with Crippen molar-refractivity contribution in [2.45, 2.75) is 25.3 Å². The lowest BCUT2D eigenvalue weighted by atomic mass is 10.3. The Labute approximate surface area is 168 Å². The lowest BCUT2D eigenvalue weighted by Crippen LogP contribution is -2.44. The van der Waals surface area contributed by atoms with E-state index in [0.717, 1.165) is 15.2 Å². The largest absolute Gasteiger partial charge is 0.458 e. The molecule has 0 spiro atoms. The van der Waals surface area contributed by atoms with Gasteiger partial charge in [-0.1, -0.05) is 0 Å². The molecule has 1 aromatic rings. The van der Waals surface area contributed by atoms with Gasteiger partial charge in [-0.05, 0) is 0 Å². The molecular formula is C14H16Cl4N2O6. The number of esters is 2. The molecule has 2 atom stereocenters. The summed E-state index contributed by atoms with van der Waals surface area (Å²) >= 11 is 22.2. The highest BCUT2D eigenvalue weighted by Crippen LogP contribution is 2.02. The number of nitrogens with zero attached hydrogens (tertiary/aromatic N) is 2. The van der Waals surface area contributed by atoms with Gasteiger partial charge in [-0.2, -0.15) is 0 Å². The summed E-state index contributed by atoms with van der Waals surface area (Å²) in [5.74, 6) is -2.37. The minimum atomic E-state index is -0.915. The van der Waals surface area contributed by atoms with E-state index in [4.69, 9.17) is 55.9 Å². The third kappa shape index (κ3) is 6.83. The zero-order chi connectivity index (χ0) is 19.7. The van der Waals surface area contributed by atoms with Gasteiger partial charge in [-0.25, -0.2) is 4.79 Å². The molecule has 0 amide bonds. The number of rotatable bonds is 10. The van der Waals surface area contributed by atoms with E-state index < -0.39 is 35.4 Å². The quantitative estimate of drug-likeness (QED) is 0.387. The van der Waals surface area contributed by atoms with Gasteiger partial charge in [-0.15, -0.1) is 46.4 Å². The molecule has 0 aliphatic rings. The van der Waals surface area contributed by atoms with Crippen LogP contribution in [0.3, 0.4) is 0 Å². The first-order chi connectivity index (χ1) is 12.4. The summed E-state index contributed by atoms with van der Waals surface area (Å²) in [7, 11) is 0. The maximum Gasteiger partial charge on any atom is 0.331 e. The molecule has 0 saturated heterocycles. The molecule has 2 unspecified atom stereocenters. The van der Waals surface area contributed by atoms with Gasteiger partial charge in [-0.3, -0.25) is 23.5 Å². The Balaban J connectivity index is 3.03. The Morgan fingerprint density at radius 1 is 0.923 bits per heavy atom. The summed E-state index contributed by atoms with van der Waals surface area (Å²) in [6.07, 6.45) is -0.484. The van der Waals surface area contributed by atoms with Crippen LogP contribution in [0.25, 0.3) is 0 Å². The van der Waals surface area contributed by atoms with Gasteiger partial charge in [0.05, 0.1) is 24.8 Å². The normalized spacial score (nSPS) is 13.1. The first-order valence-electron chi connectivity index (χ1n) is 7.29. The van der Waals surface area contributed by atoms with E-state index in [0.29, 0.717) is 0 Å². The van der Waals surface area contributed by atoms with Crippen LogP contribution in [0.2, 0.25) is 0 Å². The van der Waals surface area contributed by atoms with Crippen molar-refractivity contribution < 1.29 is 19.1 Å². The van der Waals surface area contributed by atoms with E-state index in [2.05, 4.69) is 0 Å². The zero-order valence-electron chi connectivity index (χ0n) is 13.4. The second kappa shape index (κ2) is 11.5. The third-order valence-electron chi connectivity index (χ3n) is 3.08. The summed E-state index contributed by atoms with van der Waals surface area (Å²) in [6.45, 7) is -0.337. The van der Waals surface area contributed by atoms with Gasteiger partial charge in [0, 0.05) is 12.3 Å². The molecule has 1 aromatic heterocycles. The molecular weight excluding hydrogens is 434 g/mol. The summed E-state index contributed by atoms with van der Waals surface area (Å²) in [4.78, 5) is 47.0. The Morgan fingerprint density at radius 2 is 1.42 bits per heavy atom. The van der Waals surface area contributed by atoms with Gasteiger partial charge < -0.3 is 9.47 Å². The van der Waals surface area contributed by atoms with Gasteiger partial charge in [0.2, 0.25) is 0 Å². The fourth-order valence-electron chi connectivity index (χ4n) is 1.96. The number of alkyl halides is 4. The Bertz CT molecular complexity index is 735. The molecule has 1 heterocycles. The number of hydrogen-bond donors (Lipinski definition) is 0. The predicted octanol–water partition coefficient (Wildman–Crippen LogP) is 0.789. The SMILES string of the molecule is O=C(CCl)OC(CCl)Cn1ccc(=O)n(CC(CCl)OC(=O)CCl)c1=O. The summed E-state index contributed by atoms with van der Waals surface area (Å²) in [5, 5.41) is 0. The van der Waals surface area contributed by atoms with Crippen LogP contribution < -0.4 is 11.2 Å². The van der Waals surface area contributed by atoms with Crippen molar-refractivity contribution in [1.29, 1.82) is 0 Å². The van der Waals surface area contributed by atoms with Crippen LogP contribution in [-0.2, 0) is 32.2 Å². The first kappa shape index (κ1) is 22.8. The first-order valence-corrected chi connectivity index (χ1v) is 9.43. The number of carbonyl (C=O) groups is 2. The molecule has 0 bridgehead atoms. The molecule has 26 heavy (non-hydrogen) atoms. The van der Waals surface area contributed by atoms with Crippen molar-refractivity contribution in [3.63, 3.8) is 0 Å². The molecule has 0 N–H and O–H groups in total. The fourth-order valence-corrected chi connectivity index (χ4v) is 2.40. The lowest BCUT2D eigenvalue weighted by Gasteiger charge is -2.19. The van der Waals surface area contributed by atoms with Crippen LogP contribution in [0.4, 0.5) is 0 Å². The van der Waals surface area contributed by atoms with Crippen molar-refractivity contribution in [2.24, 2.45) is 0 Å². The standard InChI is InChI=1S/C14H16Cl4N2O6/c15-3-9(25-12(22)5-17)7-19-2-1-11(21)20(14(19)24)8-10(4-16)26-13(23)6-18/h1-2,9-10H,3-8H2. The smallest absolute Gasteiger partial charge is 0.331 e. The van der Waals surface area contributed by atoms with E-state index in [9.17, 15) is 19.2 Å². The molecule has 1 rings (SSSR count). The Kier molecular flexibility index (Phi) is 10.1. The fraction of sp³-hybridized carbons (Fsp3) is 0.571. The second-order valence-electron chi connectivity index (χ2n) is 5.00. The molecule has 0 saturated carbocycles. The van der Waals surface area contributed by atoms with Gasteiger partial charge in [0.15, 0.2) is 0 Å². The van der Waals surface area contributed by atoms with Crippen molar-refractivity contribution in [3.05, 3.63) is 33.1 Å². The average molecular weight is 450 g/mol. The van der Waals surface area contributed by atoms with Gasteiger partial charge in [0.25, 0.3) is 5.56 Å². The van der Waals surface area contributed by atoms with E-state index in [1.807, 2.05) is 0 Å². The highest BCUT2D eigenvalue weighted by Gasteiger charge is 2.19. The molecule has 0 radical (unpaired) electrons. The maximum absolute atomic E-state index is 12.5. The summed E-state index contributed by atoms with van der Waals surface area (Å²) < 4.78 is 11.9. The predicted molar refractivity (Wildman–Crippen MR) is 97.6 cm³/mol. The van der Waals surface area contributed by atoms with Crippen molar-refractivity contribution >= 4 is 58.3 Å². The van der Waals surface area contributed by atoms with Crippen LogP contribution >= 0.6 is 46.4 Å².